The van der Waals surface area contributed by atoms with Crippen molar-refractivity contribution in [3.63, 3.8) is 0 Å². The van der Waals surface area contributed by atoms with E-state index in [1.807, 2.05) is 12.1 Å². The van der Waals surface area contributed by atoms with E-state index in [9.17, 15) is 5.11 Å². The Morgan fingerprint density at radius 1 is 1.65 bits per heavy atom. The number of pyridine rings is 1. The Morgan fingerprint density at radius 3 is 3.18 bits per heavy atom. The van der Waals surface area contributed by atoms with Gasteiger partial charge in [-0.3, -0.25) is 0 Å². The van der Waals surface area contributed by atoms with E-state index >= 15 is 0 Å². The highest BCUT2D eigenvalue weighted by molar-refractivity contribution is 5.42. The normalized spacial score (nSPS) is 22.5. The molecule has 0 amide bonds. The van der Waals surface area contributed by atoms with Gasteiger partial charge in [-0.2, -0.15) is 0 Å². The molecule has 94 valence electrons. The van der Waals surface area contributed by atoms with Gasteiger partial charge in [0.05, 0.1) is 18.8 Å². The zero-order valence-electron chi connectivity index (χ0n) is 10.5. The molecule has 0 spiro atoms. The second-order valence-corrected chi connectivity index (χ2v) is 4.47. The maximum atomic E-state index is 9.57. The summed E-state index contributed by atoms with van der Waals surface area (Å²) in [6.07, 6.45) is 2.63. The molecule has 1 aliphatic rings. The second-order valence-electron chi connectivity index (χ2n) is 4.47. The molecule has 1 unspecified atom stereocenters. The van der Waals surface area contributed by atoms with Crippen molar-refractivity contribution < 1.29 is 9.84 Å². The first-order valence-corrected chi connectivity index (χ1v) is 6.21. The molecule has 0 saturated carbocycles. The van der Waals surface area contributed by atoms with Gasteiger partial charge in [-0.25, -0.2) is 4.98 Å². The quantitative estimate of drug-likeness (QED) is 0.868. The Bertz CT molecular complexity index is 368. The highest BCUT2D eigenvalue weighted by Crippen LogP contribution is 2.20. The summed E-state index contributed by atoms with van der Waals surface area (Å²) in [5.41, 5.74) is 0.912. The maximum Gasteiger partial charge on any atom is 0.129 e. The van der Waals surface area contributed by atoms with Crippen LogP contribution in [-0.4, -0.2) is 35.9 Å². The smallest absolute Gasteiger partial charge is 0.129 e. The van der Waals surface area contributed by atoms with Gasteiger partial charge >= 0.3 is 0 Å². The number of hydrogen-bond acceptors (Lipinski definition) is 4. The molecule has 2 heterocycles. The van der Waals surface area contributed by atoms with Crippen LogP contribution in [-0.2, 0) is 4.74 Å². The number of hydrogen-bond donors (Lipinski definition) is 1. The van der Waals surface area contributed by atoms with Crippen LogP contribution in [0.3, 0.4) is 0 Å². The van der Waals surface area contributed by atoms with Crippen LogP contribution in [0.15, 0.2) is 18.3 Å². The van der Waals surface area contributed by atoms with Gasteiger partial charge in [0.1, 0.15) is 5.82 Å². The molecule has 0 aromatic carbocycles. The van der Waals surface area contributed by atoms with Gasteiger partial charge in [0, 0.05) is 19.3 Å². The molecule has 2 atom stereocenters. The second kappa shape index (κ2) is 5.47. The first-order chi connectivity index (χ1) is 8.20. The summed E-state index contributed by atoms with van der Waals surface area (Å²) < 4.78 is 5.64. The summed E-state index contributed by atoms with van der Waals surface area (Å²) in [6, 6.07) is 3.81. The van der Waals surface area contributed by atoms with E-state index < -0.39 is 6.10 Å². The van der Waals surface area contributed by atoms with Gasteiger partial charge in [-0.1, -0.05) is 6.92 Å². The van der Waals surface area contributed by atoms with Crippen molar-refractivity contribution >= 4 is 5.82 Å². The summed E-state index contributed by atoms with van der Waals surface area (Å²) in [4.78, 5) is 6.60. The van der Waals surface area contributed by atoms with Crippen molar-refractivity contribution in [2.45, 2.75) is 32.5 Å². The zero-order chi connectivity index (χ0) is 12.3. The van der Waals surface area contributed by atoms with Crippen LogP contribution in [0.5, 0.6) is 0 Å². The predicted molar refractivity (Wildman–Crippen MR) is 67.1 cm³/mol. The van der Waals surface area contributed by atoms with Gasteiger partial charge < -0.3 is 14.7 Å². The molecule has 1 fully saturated rings. The first kappa shape index (κ1) is 12.3. The monoisotopic (exact) mass is 236 g/mol. The van der Waals surface area contributed by atoms with Crippen LogP contribution < -0.4 is 4.90 Å². The molecule has 1 aromatic heterocycles. The summed E-state index contributed by atoms with van der Waals surface area (Å²) >= 11 is 0. The Hall–Kier alpha value is -1.13. The van der Waals surface area contributed by atoms with Crippen LogP contribution in [0, 0.1) is 0 Å². The van der Waals surface area contributed by atoms with Gasteiger partial charge in [0.25, 0.3) is 0 Å². The van der Waals surface area contributed by atoms with E-state index in [2.05, 4.69) is 16.8 Å². The van der Waals surface area contributed by atoms with Crippen LogP contribution in [0.25, 0.3) is 0 Å². The van der Waals surface area contributed by atoms with Gasteiger partial charge in [-0.05, 0) is 31.0 Å². The Labute approximate surface area is 102 Å². The van der Waals surface area contributed by atoms with Crippen LogP contribution in [0.1, 0.15) is 31.9 Å². The Balaban J connectivity index is 2.13. The molecule has 0 radical (unpaired) electrons. The van der Waals surface area contributed by atoms with Crippen molar-refractivity contribution in [2.75, 3.05) is 24.6 Å². The number of rotatable bonds is 3. The number of aliphatic hydroxyl groups is 1. The number of anilines is 1. The van der Waals surface area contributed by atoms with Crippen molar-refractivity contribution in [3.8, 4) is 0 Å². The van der Waals surface area contributed by atoms with Crippen molar-refractivity contribution in [1.29, 1.82) is 0 Å². The highest BCUT2D eigenvalue weighted by Gasteiger charge is 2.20. The molecular weight excluding hydrogens is 216 g/mol. The molecule has 17 heavy (non-hydrogen) atoms. The zero-order valence-corrected chi connectivity index (χ0v) is 10.5. The Kier molecular flexibility index (Phi) is 3.97. The average molecular weight is 236 g/mol. The third-order valence-electron chi connectivity index (χ3n) is 3.17. The van der Waals surface area contributed by atoms with Crippen molar-refractivity contribution in [1.82, 2.24) is 4.98 Å². The fourth-order valence-electron chi connectivity index (χ4n) is 2.04. The summed E-state index contributed by atoms with van der Waals surface area (Å²) in [6.45, 7) is 6.40. The summed E-state index contributed by atoms with van der Waals surface area (Å²) in [7, 11) is 0. The van der Waals surface area contributed by atoms with Crippen molar-refractivity contribution in [3.05, 3.63) is 23.9 Å². The largest absolute Gasteiger partial charge is 0.389 e. The van der Waals surface area contributed by atoms with E-state index in [1.165, 1.54) is 0 Å². The van der Waals surface area contributed by atoms with Crippen molar-refractivity contribution in [2.24, 2.45) is 0 Å². The number of morpholine rings is 1. The minimum Gasteiger partial charge on any atom is -0.389 e. The summed E-state index contributed by atoms with van der Waals surface area (Å²) in [5, 5.41) is 9.57. The molecule has 1 N–H and O–H groups in total. The molecular formula is C13H20N2O2. The Morgan fingerprint density at radius 2 is 2.47 bits per heavy atom. The number of aliphatic hydroxyl groups excluding tert-OH is 1. The van der Waals surface area contributed by atoms with Gasteiger partial charge in [-0.15, -0.1) is 0 Å². The van der Waals surface area contributed by atoms with Crippen LogP contribution in [0.4, 0.5) is 5.82 Å². The van der Waals surface area contributed by atoms with E-state index in [0.717, 1.165) is 37.5 Å². The van der Waals surface area contributed by atoms with Crippen LogP contribution in [0.2, 0.25) is 0 Å². The minimum atomic E-state index is -0.445. The standard InChI is InChI=1S/C13H20N2O2/c1-3-12-9-15(6-7-17-12)13-8-11(10(2)16)4-5-14-13/h4-5,8,10,12,16H,3,6-7,9H2,1-2H3/t10-,12?/m0/s1. The molecule has 2 rings (SSSR count). The van der Waals surface area contributed by atoms with Crippen LogP contribution >= 0.6 is 0 Å². The molecule has 1 saturated heterocycles. The topological polar surface area (TPSA) is 45.6 Å². The minimum absolute atomic E-state index is 0.292. The number of ether oxygens (including phenoxy) is 1. The van der Waals surface area contributed by atoms with E-state index in [-0.39, 0.29) is 0 Å². The lowest BCUT2D eigenvalue weighted by Crippen LogP contribution is -2.42. The lowest BCUT2D eigenvalue weighted by molar-refractivity contribution is 0.0381. The van der Waals surface area contributed by atoms with Gasteiger partial charge in [0.2, 0.25) is 0 Å². The molecule has 0 bridgehead atoms. The molecule has 4 nitrogen and oxygen atoms in total. The third kappa shape index (κ3) is 2.96. The predicted octanol–water partition coefficient (Wildman–Crippen LogP) is 1.75. The van der Waals surface area contributed by atoms with E-state index in [1.54, 1.807) is 13.1 Å². The third-order valence-corrected chi connectivity index (χ3v) is 3.17. The highest BCUT2D eigenvalue weighted by atomic mass is 16.5. The van der Waals surface area contributed by atoms with Gasteiger partial charge in [0.15, 0.2) is 0 Å². The fourth-order valence-corrected chi connectivity index (χ4v) is 2.04. The lowest BCUT2D eigenvalue weighted by atomic mass is 10.1. The molecule has 1 aromatic rings. The average Bonchev–Trinajstić information content (AvgIpc) is 2.39. The van der Waals surface area contributed by atoms with E-state index in [0.29, 0.717) is 6.10 Å². The fraction of sp³-hybridized carbons (Fsp3) is 0.615. The lowest BCUT2D eigenvalue weighted by Gasteiger charge is -2.33. The first-order valence-electron chi connectivity index (χ1n) is 6.21. The maximum absolute atomic E-state index is 9.57. The number of nitrogens with zero attached hydrogens (tertiary/aromatic N) is 2. The number of aromatic nitrogens is 1. The van der Waals surface area contributed by atoms with E-state index in [4.69, 9.17) is 4.74 Å². The SMILES string of the molecule is CCC1CN(c2cc([C@H](C)O)ccn2)CCO1. The molecule has 0 aliphatic carbocycles. The molecule has 1 aliphatic heterocycles. The molecule has 4 heteroatoms. The summed E-state index contributed by atoms with van der Waals surface area (Å²) in [5.74, 6) is 0.935.